The van der Waals surface area contributed by atoms with Crippen molar-refractivity contribution in [2.45, 2.75) is 13.0 Å². The zero-order valence-corrected chi connectivity index (χ0v) is 16.8. The van der Waals surface area contributed by atoms with E-state index in [0.717, 1.165) is 35.4 Å². The molecule has 1 aromatic carbocycles. The van der Waals surface area contributed by atoms with E-state index in [0.29, 0.717) is 23.3 Å². The van der Waals surface area contributed by atoms with E-state index >= 15 is 0 Å². The van der Waals surface area contributed by atoms with Crippen molar-refractivity contribution >= 4 is 45.2 Å². The van der Waals surface area contributed by atoms with E-state index in [1.54, 1.807) is 6.07 Å². The first-order valence-corrected chi connectivity index (χ1v) is 9.67. The lowest BCUT2D eigenvalue weighted by Crippen LogP contribution is -2.45. The first kappa shape index (κ1) is 17.6. The Morgan fingerprint density at radius 1 is 1.31 bits per heavy atom. The standard InChI is InChI=1S/C18H20IN3O4/c1-10-9-26-17-14-11(16(23)12(18(24)25)8-22(10)14)7-13(19)15(17)21-5-3-20(2)4-6-21/h7-8,10H,3-6,9H2,1-2H3,(H,24,25)/t10-/m0/s1. The van der Waals surface area contributed by atoms with Gasteiger partial charge >= 0.3 is 5.97 Å². The van der Waals surface area contributed by atoms with E-state index in [2.05, 4.69) is 39.4 Å². The summed E-state index contributed by atoms with van der Waals surface area (Å²) in [7, 11) is 2.11. The van der Waals surface area contributed by atoms with E-state index in [9.17, 15) is 14.7 Å². The highest BCUT2D eigenvalue weighted by Gasteiger charge is 2.30. The molecule has 0 saturated carbocycles. The molecule has 2 aromatic rings. The lowest BCUT2D eigenvalue weighted by atomic mass is 10.1. The molecule has 0 spiro atoms. The van der Waals surface area contributed by atoms with Gasteiger partial charge in [-0.05, 0) is 42.6 Å². The van der Waals surface area contributed by atoms with Crippen LogP contribution >= 0.6 is 22.6 Å². The number of halogens is 1. The molecule has 2 aliphatic heterocycles. The van der Waals surface area contributed by atoms with Gasteiger partial charge in [-0.3, -0.25) is 4.79 Å². The lowest BCUT2D eigenvalue weighted by molar-refractivity contribution is 0.0694. The number of ether oxygens (including phenoxy) is 1. The molecular weight excluding hydrogens is 449 g/mol. The quantitative estimate of drug-likeness (QED) is 0.679. The SMILES string of the molecule is C[C@H]1COc2c(N3CCN(C)CC3)c(I)cc3c(=O)c(C(=O)O)cn1c23. The number of carboxylic acid groups (broad SMARTS) is 1. The van der Waals surface area contributed by atoms with Crippen molar-refractivity contribution in [3.8, 4) is 5.75 Å². The number of nitrogens with zero attached hydrogens (tertiary/aromatic N) is 3. The molecule has 0 aliphatic carbocycles. The predicted octanol–water partition coefficient (Wildman–Crippen LogP) is 2.01. The summed E-state index contributed by atoms with van der Waals surface area (Å²) in [6, 6.07) is 1.77. The van der Waals surface area contributed by atoms with Gasteiger partial charge in [-0.1, -0.05) is 0 Å². The molecule has 7 nitrogen and oxygen atoms in total. The Morgan fingerprint density at radius 2 is 2.00 bits per heavy atom. The second-order valence-electron chi connectivity index (χ2n) is 6.97. The Balaban J connectivity index is 2.00. The van der Waals surface area contributed by atoms with Crippen LogP contribution in [0.25, 0.3) is 10.9 Å². The van der Waals surface area contributed by atoms with Gasteiger partial charge in [0.1, 0.15) is 12.2 Å². The summed E-state index contributed by atoms with van der Waals surface area (Å²) in [6.07, 6.45) is 1.46. The van der Waals surface area contributed by atoms with Crippen LogP contribution in [0.2, 0.25) is 0 Å². The van der Waals surface area contributed by atoms with Crippen molar-refractivity contribution < 1.29 is 14.6 Å². The fourth-order valence-corrected chi connectivity index (χ4v) is 4.59. The number of rotatable bonds is 2. The van der Waals surface area contributed by atoms with Crippen molar-refractivity contribution in [1.82, 2.24) is 9.47 Å². The van der Waals surface area contributed by atoms with Crippen molar-refractivity contribution in [2.24, 2.45) is 0 Å². The van der Waals surface area contributed by atoms with Crippen molar-refractivity contribution in [1.29, 1.82) is 0 Å². The maximum Gasteiger partial charge on any atom is 0.341 e. The van der Waals surface area contributed by atoms with Crippen LogP contribution in [0, 0.1) is 3.57 Å². The highest BCUT2D eigenvalue weighted by Crippen LogP contribution is 2.43. The third-order valence-electron chi connectivity index (χ3n) is 5.19. The average Bonchev–Trinajstić information content (AvgIpc) is 2.60. The van der Waals surface area contributed by atoms with Gasteiger partial charge in [-0.25, -0.2) is 4.79 Å². The maximum atomic E-state index is 12.7. The summed E-state index contributed by atoms with van der Waals surface area (Å²) in [5, 5.41) is 9.82. The zero-order valence-electron chi connectivity index (χ0n) is 14.7. The molecule has 138 valence electrons. The van der Waals surface area contributed by atoms with Gasteiger partial charge in [0.05, 0.1) is 22.6 Å². The molecule has 1 N–H and O–H groups in total. The van der Waals surface area contributed by atoms with Crippen molar-refractivity contribution in [3.63, 3.8) is 0 Å². The average molecular weight is 469 g/mol. The van der Waals surface area contributed by atoms with Gasteiger partial charge in [0, 0.05) is 35.9 Å². The second-order valence-corrected chi connectivity index (χ2v) is 8.13. The number of aromatic nitrogens is 1. The lowest BCUT2D eigenvalue weighted by Gasteiger charge is -2.37. The van der Waals surface area contributed by atoms with Gasteiger partial charge in [-0.15, -0.1) is 0 Å². The molecule has 1 aromatic heterocycles. The summed E-state index contributed by atoms with van der Waals surface area (Å²) >= 11 is 2.22. The van der Waals surface area contributed by atoms with Gasteiger partial charge in [0.25, 0.3) is 0 Å². The number of piperazine rings is 1. The number of anilines is 1. The van der Waals surface area contributed by atoms with E-state index in [1.807, 2.05) is 11.5 Å². The molecule has 1 fully saturated rings. The molecule has 0 bridgehead atoms. The minimum atomic E-state index is -1.20. The zero-order chi connectivity index (χ0) is 18.6. The minimum Gasteiger partial charge on any atom is -0.487 e. The Hall–Kier alpha value is -1.81. The summed E-state index contributed by atoms with van der Waals surface area (Å²) in [4.78, 5) is 28.8. The molecule has 1 atom stereocenters. The number of carboxylic acids is 1. The van der Waals surface area contributed by atoms with E-state index in [4.69, 9.17) is 4.74 Å². The van der Waals surface area contributed by atoms with Gasteiger partial charge < -0.3 is 24.2 Å². The van der Waals surface area contributed by atoms with Crippen molar-refractivity contribution in [2.75, 3.05) is 44.7 Å². The fourth-order valence-electron chi connectivity index (χ4n) is 3.69. The number of likely N-dealkylation sites (N-methyl/N-ethyl adjacent to an activating group) is 1. The topological polar surface area (TPSA) is 75.0 Å². The van der Waals surface area contributed by atoms with Crippen LogP contribution in [-0.4, -0.2) is 60.4 Å². The number of aromatic carboxylic acids is 1. The summed E-state index contributed by atoms with van der Waals surface area (Å²) in [6.45, 7) is 6.13. The van der Waals surface area contributed by atoms with E-state index < -0.39 is 11.4 Å². The number of benzene rings is 1. The highest BCUT2D eigenvalue weighted by atomic mass is 127. The first-order valence-electron chi connectivity index (χ1n) is 8.59. The molecule has 8 heteroatoms. The van der Waals surface area contributed by atoms with Gasteiger partial charge in [0.15, 0.2) is 5.75 Å². The molecule has 3 heterocycles. The molecule has 0 unspecified atom stereocenters. The maximum absolute atomic E-state index is 12.7. The number of pyridine rings is 1. The van der Waals surface area contributed by atoms with Crippen LogP contribution in [0.3, 0.4) is 0 Å². The molecule has 2 aliphatic rings. The smallest absolute Gasteiger partial charge is 0.341 e. The van der Waals surface area contributed by atoms with Crippen LogP contribution in [0.4, 0.5) is 5.69 Å². The second kappa shape index (κ2) is 6.41. The summed E-state index contributed by atoms with van der Waals surface area (Å²) in [5.74, 6) is -0.498. The first-order chi connectivity index (χ1) is 12.4. The Labute approximate surface area is 164 Å². The largest absolute Gasteiger partial charge is 0.487 e. The van der Waals surface area contributed by atoms with Crippen LogP contribution in [0.1, 0.15) is 23.3 Å². The molecular formula is C18H20IN3O4. The molecule has 0 radical (unpaired) electrons. The van der Waals surface area contributed by atoms with Crippen LogP contribution < -0.4 is 15.1 Å². The Bertz CT molecular complexity index is 963. The monoisotopic (exact) mass is 469 g/mol. The fraction of sp³-hybridized carbons (Fsp3) is 0.444. The van der Waals surface area contributed by atoms with Gasteiger partial charge in [-0.2, -0.15) is 0 Å². The number of hydrogen-bond acceptors (Lipinski definition) is 5. The van der Waals surface area contributed by atoms with Crippen LogP contribution in [-0.2, 0) is 0 Å². The van der Waals surface area contributed by atoms with Crippen molar-refractivity contribution in [3.05, 3.63) is 31.6 Å². The third-order valence-corrected chi connectivity index (χ3v) is 6.01. The number of carbonyl (C=O) groups is 1. The Morgan fingerprint density at radius 3 is 2.65 bits per heavy atom. The minimum absolute atomic E-state index is 0.0379. The Kier molecular flexibility index (Phi) is 4.34. The van der Waals surface area contributed by atoms with Gasteiger partial charge in [0.2, 0.25) is 5.43 Å². The molecule has 1 saturated heterocycles. The molecule has 26 heavy (non-hydrogen) atoms. The highest BCUT2D eigenvalue weighted by molar-refractivity contribution is 14.1. The summed E-state index contributed by atoms with van der Waals surface area (Å²) < 4.78 is 8.88. The van der Waals surface area contributed by atoms with Crippen LogP contribution in [0.5, 0.6) is 5.75 Å². The normalized spacial score (nSPS) is 20.3. The number of hydrogen-bond donors (Lipinski definition) is 1. The molecule has 4 rings (SSSR count). The van der Waals surface area contributed by atoms with E-state index in [-0.39, 0.29) is 11.6 Å². The predicted molar refractivity (Wildman–Crippen MR) is 108 cm³/mol. The molecule has 0 amide bonds. The van der Waals surface area contributed by atoms with Crippen LogP contribution in [0.15, 0.2) is 17.1 Å². The summed E-state index contributed by atoms with van der Waals surface area (Å²) in [5.41, 5.74) is 1.06. The van der Waals surface area contributed by atoms with E-state index in [1.165, 1.54) is 6.20 Å². The third kappa shape index (κ3) is 2.66.